The van der Waals surface area contributed by atoms with E-state index in [0.29, 0.717) is 6.42 Å². The van der Waals surface area contributed by atoms with Crippen molar-refractivity contribution in [1.29, 1.82) is 0 Å². The Balaban J connectivity index is 1.48. The number of hydrogen-bond donors (Lipinski definition) is 2. The molecule has 138 valence electrons. The Morgan fingerprint density at radius 2 is 1.89 bits per heavy atom. The second-order valence-corrected chi connectivity index (χ2v) is 6.24. The van der Waals surface area contributed by atoms with E-state index in [2.05, 4.69) is 27.2 Å². The summed E-state index contributed by atoms with van der Waals surface area (Å²) in [6.07, 6.45) is 7.14. The summed E-state index contributed by atoms with van der Waals surface area (Å²) in [4.78, 5) is 26.5. The first-order chi connectivity index (χ1) is 13.2. The van der Waals surface area contributed by atoms with Crippen LogP contribution in [0.1, 0.15) is 24.0 Å². The van der Waals surface area contributed by atoms with Gasteiger partial charge in [-0.05, 0) is 48.2 Å². The number of hydrogen-bond acceptors (Lipinski definition) is 3. The molecule has 2 N–H and O–H groups in total. The molecule has 5 heteroatoms. The standard InChI is InChI=1S/C22H22N2O3/c1-27-22(26)14-11-16-9-12-18(13-10-16)24-21(25)8-4-5-17-15-23-20-7-3-2-6-19(17)20/h2-3,6-7,9-15,23H,4-5,8H2,1H3,(H,24,25)/b14-11+. The highest BCUT2D eigenvalue weighted by atomic mass is 16.5. The fourth-order valence-electron chi connectivity index (χ4n) is 2.91. The molecule has 0 spiro atoms. The van der Waals surface area contributed by atoms with Gasteiger partial charge < -0.3 is 15.0 Å². The van der Waals surface area contributed by atoms with Gasteiger partial charge >= 0.3 is 5.97 Å². The maximum absolute atomic E-state index is 12.1. The summed E-state index contributed by atoms with van der Waals surface area (Å²) in [6.45, 7) is 0. The number of carbonyl (C=O) groups excluding carboxylic acids is 2. The van der Waals surface area contributed by atoms with Crippen molar-refractivity contribution in [1.82, 2.24) is 4.98 Å². The molecule has 0 bridgehead atoms. The number of benzene rings is 2. The number of rotatable bonds is 7. The van der Waals surface area contributed by atoms with Crippen molar-refractivity contribution in [2.24, 2.45) is 0 Å². The van der Waals surface area contributed by atoms with Gasteiger partial charge in [0, 0.05) is 35.3 Å². The lowest BCUT2D eigenvalue weighted by molar-refractivity contribution is -0.134. The third kappa shape index (κ3) is 5.07. The van der Waals surface area contributed by atoms with Crippen molar-refractivity contribution in [2.75, 3.05) is 12.4 Å². The number of H-pyrrole nitrogens is 1. The fraction of sp³-hybridized carbons (Fsp3) is 0.182. The number of aromatic nitrogens is 1. The molecule has 0 aliphatic rings. The SMILES string of the molecule is COC(=O)/C=C/c1ccc(NC(=O)CCCc2c[nH]c3ccccc23)cc1. The van der Waals surface area contributed by atoms with Gasteiger partial charge in [0.15, 0.2) is 0 Å². The molecule has 3 rings (SSSR count). The van der Waals surface area contributed by atoms with Gasteiger partial charge in [0.25, 0.3) is 0 Å². The Morgan fingerprint density at radius 3 is 2.67 bits per heavy atom. The summed E-state index contributed by atoms with van der Waals surface area (Å²) in [5.41, 5.74) is 3.96. The lowest BCUT2D eigenvalue weighted by Gasteiger charge is -2.05. The third-order valence-corrected chi connectivity index (χ3v) is 4.33. The normalized spacial score (nSPS) is 11.0. The van der Waals surface area contributed by atoms with Gasteiger partial charge in [-0.25, -0.2) is 4.79 Å². The molecular formula is C22H22N2O3. The molecule has 0 radical (unpaired) electrons. The summed E-state index contributed by atoms with van der Waals surface area (Å²) in [5, 5.41) is 4.12. The zero-order valence-corrected chi connectivity index (χ0v) is 15.2. The molecule has 1 amide bonds. The molecule has 0 atom stereocenters. The van der Waals surface area contributed by atoms with Crippen LogP contribution in [0.3, 0.4) is 0 Å². The van der Waals surface area contributed by atoms with E-state index in [1.165, 1.54) is 24.1 Å². The number of esters is 1. The largest absolute Gasteiger partial charge is 0.466 e. The van der Waals surface area contributed by atoms with Gasteiger partial charge in [0.1, 0.15) is 0 Å². The Labute approximate surface area is 158 Å². The average Bonchev–Trinajstić information content (AvgIpc) is 3.10. The van der Waals surface area contributed by atoms with Crippen LogP contribution in [0.4, 0.5) is 5.69 Å². The molecule has 27 heavy (non-hydrogen) atoms. The van der Waals surface area contributed by atoms with Gasteiger partial charge in [0.2, 0.25) is 5.91 Å². The number of fused-ring (bicyclic) bond motifs is 1. The van der Waals surface area contributed by atoms with Crippen LogP contribution >= 0.6 is 0 Å². The van der Waals surface area contributed by atoms with Crippen LogP contribution < -0.4 is 5.32 Å². The first-order valence-corrected chi connectivity index (χ1v) is 8.86. The van der Waals surface area contributed by atoms with Crippen LogP contribution in [-0.4, -0.2) is 24.0 Å². The zero-order valence-electron chi connectivity index (χ0n) is 15.2. The molecule has 0 unspecified atom stereocenters. The molecule has 0 aliphatic heterocycles. The van der Waals surface area contributed by atoms with E-state index in [1.54, 1.807) is 6.08 Å². The van der Waals surface area contributed by atoms with Crippen molar-refractivity contribution in [2.45, 2.75) is 19.3 Å². The quantitative estimate of drug-likeness (QED) is 0.486. The number of ether oxygens (including phenoxy) is 1. The average molecular weight is 362 g/mol. The van der Waals surface area contributed by atoms with Crippen molar-refractivity contribution < 1.29 is 14.3 Å². The minimum atomic E-state index is -0.400. The van der Waals surface area contributed by atoms with Crippen LogP contribution in [0.5, 0.6) is 0 Å². The van der Waals surface area contributed by atoms with E-state index in [-0.39, 0.29) is 5.91 Å². The smallest absolute Gasteiger partial charge is 0.330 e. The van der Waals surface area contributed by atoms with Crippen LogP contribution in [-0.2, 0) is 20.7 Å². The molecule has 3 aromatic rings. The molecule has 0 fully saturated rings. The minimum absolute atomic E-state index is 0.00676. The molecule has 1 heterocycles. The van der Waals surface area contributed by atoms with Gasteiger partial charge in [-0.15, -0.1) is 0 Å². The van der Waals surface area contributed by atoms with Crippen LogP contribution in [0.25, 0.3) is 17.0 Å². The molecule has 0 saturated carbocycles. The van der Waals surface area contributed by atoms with Gasteiger partial charge in [-0.2, -0.15) is 0 Å². The van der Waals surface area contributed by atoms with Gasteiger partial charge in [0.05, 0.1) is 7.11 Å². The summed E-state index contributed by atoms with van der Waals surface area (Å²) in [6, 6.07) is 15.5. The molecule has 2 aromatic carbocycles. The molecular weight excluding hydrogens is 340 g/mol. The number of methoxy groups -OCH3 is 1. The van der Waals surface area contributed by atoms with E-state index in [9.17, 15) is 9.59 Å². The molecule has 0 saturated heterocycles. The lowest BCUT2D eigenvalue weighted by Crippen LogP contribution is -2.11. The first kappa shape index (κ1) is 18.5. The monoisotopic (exact) mass is 362 g/mol. The van der Waals surface area contributed by atoms with Crippen molar-refractivity contribution in [3.63, 3.8) is 0 Å². The second kappa shape index (κ2) is 8.85. The number of aryl methyl sites for hydroxylation is 1. The van der Waals surface area contributed by atoms with Crippen LogP contribution in [0.2, 0.25) is 0 Å². The van der Waals surface area contributed by atoms with E-state index in [0.717, 1.165) is 29.6 Å². The van der Waals surface area contributed by atoms with Gasteiger partial charge in [-0.1, -0.05) is 30.3 Å². The van der Waals surface area contributed by atoms with Crippen molar-refractivity contribution >= 4 is 34.5 Å². The highest BCUT2D eigenvalue weighted by molar-refractivity contribution is 5.91. The topological polar surface area (TPSA) is 71.2 Å². The second-order valence-electron chi connectivity index (χ2n) is 6.24. The number of amides is 1. The number of anilines is 1. The van der Waals surface area contributed by atoms with E-state index in [1.807, 2.05) is 42.6 Å². The summed E-state index contributed by atoms with van der Waals surface area (Å²) >= 11 is 0. The van der Waals surface area contributed by atoms with E-state index < -0.39 is 5.97 Å². The van der Waals surface area contributed by atoms with Crippen LogP contribution in [0.15, 0.2) is 60.8 Å². The Bertz CT molecular complexity index is 955. The Morgan fingerprint density at radius 1 is 1.11 bits per heavy atom. The predicted octanol–water partition coefficient (Wildman–Crippen LogP) is 4.32. The number of nitrogens with one attached hydrogen (secondary N) is 2. The predicted molar refractivity (Wildman–Crippen MR) is 107 cm³/mol. The lowest BCUT2D eigenvalue weighted by atomic mass is 10.1. The minimum Gasteiger partial charge on any atom is -0.466 e. The summed E-state index contributed by atoms with van der Waals surface area (Å²) < 4.78 is 4.55. The third-order valence-electron chi connectivity index (χ3n) is 4.33. The van der Waals surface area contributed by atoms with Crippen molar-refractivity contribution in [3.05, 3.63) is 71.9 Å². The Hall–Kier alpha value is -3.34. The fourth-order valence-corrected chi connectivity index (χ4v) is 2.91. The highest BCUT2D eigenvalue weighted by Gasteiger charge is 2.06. The summed E-state index contributed by atoms with van der Waals surface area (Å²) in [7, 11) is 1.34. The van der Waals surface area contributed by atoms with Gasteiger partial charge in [-0.3, -0.25) is 4.79 Å². The van der Waals surface area contributed by atoms with E-state index >= 15 is 0 Å². The van der Waals surface area contributed by atoms with Crippen LogP contribution in [0, 0.1) is 0 Å². The number of para-hydroxylation sites is 1. The maximum atomic E-state index is 12.1. The molecule has 0 aliphatic carbocycles. The molecule has 5 nitrogen and oxygen atoms in total. The Kier molecular flexibility index (Phi) is 6.05. The number of aromatic amines is 1. The first-order valence-electron chi connectivity index (χ1n) is 8.86. The summed E-state index contributed by atoms with van der Waals surface area (Å²) in [5.74, 6) is -0.407. The zero-order chi connectivity index (χ0) is 19.1. The highest BCUT2D eigenvalue weighted by Crippen LogP contribution is 2.19. The molecule has 1 aromatic heterocycles. The van der Waals surface area contributed by atoms with Crippen molar-refractivity contribution in [3.8, 4) is 0 Å². The maximum Gasteiger partial charge on any atom is 0.330 e. The number of carbonyl (C=O) groups is 2. The van der Waals surface area contributed by atoms with E-state index in [4.69, 9.17) is 0 Å².